The van der Waals surface area contributed by atoms with Gasteiger partial charge in [0.15, 0.2) is 0 Å². The molecule has 1 aromatic carbocycles. The maximum atomic E-state index is 12.0. The van der Waals surface area contributed by atoms with E-state index in [9.17, 15) is 4.79 Å². The summed E-state index contributed by atoms with van der Waals surface area (Å²) in [6.07, 6.45) is 0. The van der Waals surface area contributed by atoms with E-state index in [1.165, 1.54) is 7.11 Å². The third-order valence-corrected chi connectivity index (χ3v) is 3.64. The van der Waals surface area contributed by atoms with Crippen molar-refractivity contribution in [3.8, 4) is 0 Å². The molecule has 1 aromatic rings. The van der Waals surface area contributed by atoms with Crippen LogP contribution in [0.15, 0.2) is 30.3 Å². The minimum atomic E-state index is -0.264. The molecule has 4 nitrogen and oxygen atoms in total. The summed E-state index contributed by atoms with van der Waals surface area (Å²) in [7, 11) is 5.57. The molecule has 0 fully saturated rings. The van der Waals surface area contributed by atoms with Crippen LogP contribution in [0.4, 0.5) is 0 Å². The second kappa shape index (κ2) is 8.80. The van der Waals surface area contributed by atoms with Crippen molar-refractivity contribution >= 4 is 5.97 Å². The largest absolute Gasteiger partial charge is 0.469 e. The molecule has 0 saturated carbocycles. The van der Waals surface area contributed by atoms with Gasteiger partial charge in [-0.05, 0) is 25.6 Å². The SMILES string of the molecule is COC(=O)C(CNC(CN(C)C)C(C)C)c1ccccc1. The Hall–Kier alpha value is -1.39. The topological polar surface area (TPSA) is 41.6 Å². The first-order chi connectivity index (χ1) is 9.95. The summed E-state index contributed by atoms with van der Waals surface area (Å²) in [6.45, 7) is 5.92. The molecule has 2 atom stereocenters. The third-order valence-electron chi connectivity index (χ3n) is 3.64. The highest BCUT2D eigenvalue weighted by Crippen LogP contribution is 2.17. The van der Waals surface area contributed by atoms with Gasteiger partial charge >= 0.3 is 5.97 Å². The third kappa shape index (κ3) is 5.86. The first kappa shape index (κ1) is 17.7. The molecule has 0 saturated heterocycles. The summed E-state index contributed by atoms with van der Waals surface area (Å²) >= 11 is 0. The number of methoxy groups -OCH3 is 1. The van der Waals surface area contributed by atoms with Crippen LogP contribution in [0, 0.1) is 5.92 Å². The lowest BCUT2D eigenvalue weighted by Gasteiger charge is -2.27. The fourth-order valence-corrected chi connectivity index (χ4v) is 2.34. The molecule has 2 unspecified atom stereocenters. The van der Waals surface area contributed by atoms with Crippen molar-refractivity contribution in [3.63, 3.8) is 0 Å². The average Bonchev–Trinajstić information content (AvgIpc) is 2.46. The van der Waals surface area contributed by atoms with Crippen LogP contribution in [0.3, 0.4) is 0 Å². The Balaban J connectivity index is 2.75. The zero-order valence-corrected chi connectivity index (χ0v) is 13.8. The van der Waals surface area contributed by atoms with Crippen molar-refractivity contribution in [2.45, 2.75) is 25.8 Å². The average molecular weight is 292 g/mol. The summed E-state index contributed by atoms with van der Waals surface area (Å²) in [5.74, 6) is 0.0436. The smallest absolute Gasteiger partial charge is 0.314 e. The van der Waals surface area contributed by atoms with E-state index >= 15 is 0 Å². The summed E-state index contributed by atoms with van der Waals surface area (Å²) in [5.41, 5.74) is 0.990. The standard InChI is InChI=1S/C17H28N2O2/c1-13(2)16(12-19(3)4)18-11-15(17(20)21-5)14-9-7-6-8-10-14/h6-10,13,15-16,18H,11-12H2,1-5H3. The molecule has 1 rings (SSSR count). The first-order valence-electron chi connectivity index (χ1n) is 7.46. The Bertz CT molecular complexity index is 418. The van der Waals surface area contributed by atoms with Gasteiger partial charge in [-0.3, -0.25) is 4.79 Å². The molecule has 1 N–H and O–H groups in total. The summed E-state index contributed by atoms with van der Waals surface area (Å²) in [5, 5.41) is 3.52. The molecule has 21 heavy (non-hydrogen) atoms. The number of likely N-dealkylation sites (N-methyl/N-ethyl adjacent to an activating group) is 1. The normalized spacial score (nSPS) is 14.2. The number of esters is 1. The zero-order chi connectivity index (χ0) is 15.8. The minimum Gasteiger partial charge on any atom is -0.469 e. The molecule has 118 valence electrons. The second-order valence-electron chi connectivity index (χ2n) is 6.01. The lowest BCUT2D eigenvalue weighted by Crippen LogP contribution is -2.44. The highest BCUT2D eigenvalue weighted by molar-refractivity contribution is 5.78. The number of hydrogen-bond acceptors (Lipinski definition) is 4. The first-order valence-corrected chi connectivity index (χ1v) is 7.46. The lowest BCUT2D eigenvalue weighted by molar-refractivity contribution is -0.142. The van der Waals surface area contributed by atoms with Crippen molar-refractivity contribution in [3.05, 3.63) is 35.9 Å². The Kier molecular flexibility index (Phi) is 7.40. The Morgan fingerprint density at radius 1 is 1.24 bits per heavy atom. The van der Waals surface area contributed by atoms with E-state index in [0.29, 0.717) is 18.5 Å². The number of nitrogens with zero attached hydrogens (tertiary/aromatic N) is 1. The Labute approximate surface area is 128 Å². The van der Waals surface area contributed by atoms with Gasteiger partial charge in [0.25, 0.3) is 0 Å². The summed E-state index contributed by atoms with van der Waals surface area (Å²) < 4.78 is 4.95. The number of benzene rings is 1. The number of hydrogen-bond donors (Lipinski definition) is 1. The monoisotopic (exact) mass is 292 g/mol. The van der Waals surface area contributed by atoms with Crippen molar-refractivity contribution in [1.29, 1.82) is 0 Å². The maximum Gasteiger partial charge on any atom is 0.314 e. The number of ether oxygens (including phenoxy) is 1. The second-order valence-corrected chi connectivity index (χ2v) is 6.01. The van der Waals surface area contributed by atoms with Crippen LogP contribution < -0.4 is 5.32 Å². The van der Waals surface area contributed by atoms with Crippen molar-refractivity contribution in [2.75, 3.05) is 34.3 Å². The molecular weight excluding hydrogens is 264 g/mol. The summed E-state index contributed by atoms with van der Waals surface area (Å²) in [4.78, 5) is 14.2. The molecule has 0 bridgehead atoms. The predicted octanol–water partition coefficient (Wildman–Crippen LogP) is 2.12. The van der Waals surface area contributed by atoms with Crippen molar-refractivity contribution < 1.29 is 9.53 Å². The molecular formula is C17H28N2O2. The van der Waals surface area contributed by atoms with Crippen LogP contribution in [0.25, 0.3) is 0 Å². The van der Waals surface area contributed by atoms with Crippen LogP contribution >= 0.6 is 0 Å². The Morgan fingerprint density at radius 3 is 2.33 bits per heavy atom. The molecule has 0 radical (unpaired) electrons. The number of nitrogens with one attached hydrogen (secondary N) is 1. The number of rotatable bonds is 8. The van der Waals surface area contributed by atoms with Gasteiger partial charge in [0.1, 0.15) is 0 Å². The van der Waals surface area contributed by atoms with Gasteiger partial charge in [0.05, 0.1) is 13.0 Å². The quantitative estimate of drug-likeness (QED) is 0.745. The van der Waals surface area contributed by atoms with Crippen molar-refractivity contribution in [2.24, 2.45) is 5.92 Å². The minimum absolute atomic E-state index is 0.193. The van der Waals surface area contributed by atoms with Crippen LogP contribution in [0.1, 0.15) is 25.3 Å². The van der Waals surface area contributed by atoms with E-state index in [1.54, 1.807) is 0 Å². The van der Waals surface area contributed by atoms with Gasteiger partial charge in [-0.25, -0.2) is 0 Å². The van der Waals surface area contributed by atoms with Crippen LogP contribution in [0.2, 0.25) is 0 Å². The summed E-state index contributed by atoms with van der Waals surface area (Å²) in [6, 6.07) is 10.1. The molecule has 0 amide bonds. The van der Waals surface area contributed by atoms with Gasteiger partial charge in [0.2, 0.25) is 0 Å². The molecule has 0 spiro atoms. The molecule has 0 aliphatic heterocycles. The molecule has 0 aromatic heterocycles. The lowest BCUT2D eigenvalue weighted by atomic mass is 9.97. The highest BCUT2D eigenvalue weighted by Gasteiger charge is 2.23. The van der Waals surface area contributed by atoms with Crippen LogP contribution in [-0.2, 0) is 9.53 Å². The van der Waals surface area contributed by atoms with E-state index in [-0.39, 0.29) is 11.9 Å². The molecule has 0 aliphatic carbocycles. The zero-order valence-electron chi connectivity index (χ0n) is 13.8. The van der Waals surface area contributed by atoms with E-state index in [2.05, 4.69) is 38.2 Å². The van der Waals surface area contributed by atoms with E-state index in [0.717, 1.165) is 12.1 Å². The molecule has 0 heterocycles. The van der Waals surface area contributed by atoms with Gasteiger partial charge in [-0.15, -0.1) is 0 Å². The van der Waals surface area contributed by atoms with Gasteiger partial charge in [-0.2, -0.15) is 0 Å². The van der Waals surface area contributed by atoms with Gasteiger partial charge in [-0.1, -0.05) is 44.2 Å². The molecule has 4 heteroatoms. The van der Waals surface area contributed by atoms with E-state index in [1.807, 2.05) is 30.3 Å². The highest BCUT2D eigenvalue weighted by atomic mass is 16.5. The Morgan fingerprint density at radius 2 is 1.86 bits per heavy atom. The van der Waals surface area contributed by atoms with Crippen molar-refractivity contribution in [1.82, 2.24) is 10.2 Å². The molecule has 0 aliphatic rings. The van der Waals surface area contributed by atoms with Crippen LogP contribution in [-0.4, -0.2) is 51.2 Å². The van der Waals surface area contributed by atoms with E-state index in [4.69, 9.17) is 4.74 Å². The predicted molar refractivity (Wildman–Crippen MR) is 86.4 cm³/mol. The fourth-order valence-electron chi connectivity index (χ4n) is 2.34. The fraction of sp³-hybridized carbons (Fsp3) is 0.588. The van der Waals surface area contributed by atoms with E-state index < -0.39 is 0 Å². The maximum absolute atomic E-state index is 12.0. The van der Waals surface area contributed by atoms with Gasteiger partial charge in [0, 0.05) is 19.1 Å². The number of carbonyl (C=O) groups is 1. The van der Waals surface area contributed by atoms with Crippen LogP contribution in [0.5, 0.6) is 0 Å². The van der Waals surface area contributed by atoms with Gasteiger partial charge < -0.3 is 15.0 Å². The number of carbonyl (C=O) groups excluding carboxylic acids is 1.